The first-order valence-corrected chi connectivity index (χ1v) is 5.12. The van der Waals surface area contributed by atoms with Gasteiger partial charge in [-0.15, -0.1) is 0 Å². The van der Waals surface area contributed by atoms with Crippen LogP contribution >= 0.6 is 0 Å². The van der Waals surface area contributed by atoms with E-state index >= 15 is 0 Å². The highest BCUT2D eigenvalue weighted by molar-refractivity contribution is 5.78. The number of H-pyrrole nitrogens is 2. The van der Waals surface area contributed by atoms with E-state index in [0.29, 0.717) is 5.56 Å². The predicted octanol–water partition coefficient (Wildman–Crippen LogP) is -0.584. The van der Waals surface area contributed by atoms with Crippen LogP contribution in [0.3, 0.4) is 0 Å². The number of hydrogen-bond donors (Lipinski definition) is 2. The first kappa shape index (κ1) is 11.8. The van der Waals surface area contributed by atoms with Gasteiger partial charge in [0.1, 0.15) is 0 Å². The van der Waals surface area contributed by atoms with Crippen LogP contribution < -0.4 is 16.8 Å². The Morgan fingerprint density at radius 2 is 2.11 bits per heavy atom. The molecule has 0 aromatic carbocycles. The Morgan fingerprint density at radius 3 is 2.83 bits per heavy atom. The van der Waals surface area contributed by atoms with Crippen molar-refractivity contribution in [1.29, 1.82) is 0 Å². The quantitative estimate of drug-likeness (QED) is 0.693. The molecule has 0 aliphatic heterocycles. The third kappa shape index (κ3) is 2.34. The molecular formula is C11H10N4O3. The van der Waals surface area contributed by atoms with Crippen molar-refractivity contribution in [3.63, 3.8) is 0 Å². The Hall–Kier alpha value is -2.70. The minimum atomic E-state index is -0.593. The number of pyridine rings is 1. The summed E-state index contributed by atoms with van der Waals surface area (Å²) in [7, 11) is 0. The fourth-order valence-electron chi connectivity index (χ4n) is 1.32. The van der Waals surface area contributed by atoms with Crippen LogP contribution in [0.25, 0.3) is 0 Å². The molecule has 0 bridgehead atoms. The molecule has 0 fully saturated rings. The van der Waals surface area contributed by atoms with Gasteiger partial charge in [0.15, 0.2) is 0 Å². The third-order valence-corrected chi connectivity index (χ3v) is 2.29. The maximum Gasteiger partial charge on any atom is 0.325 e. The van der Waals surface area contributed by atoms with Crippen LogP contribution in [-0.4, -0.2) is 20.9 Å². The standard InChI is InChI=1S/C11H10N4O3/c1-7-3-2-4-15(10(7)17)13-6-8-5-12-11(18)14-9(8)16/h2-6H,1H3,(H2,12,14,16,18)/b13-6+. The number of hydrogen-bond acceptors (Lipinski definition) is 4. The zero-order valence-corrected chi connectivity index (χ0v) is 9.51. The van der Waals surface area contributed by atoms with Gasteiger partial charge in [0.05, 0.1) is 11.8 Å². The third-order valence-electron chi connectivity index (χ3n) is 2.29. The van der Waals surface area contributed by atoms with Crippen LogP contribution in [0.15, 0.2) is 44.0 Å². The summed E-state index contributed by atoms with van der Waals surface area (Å²) in [6.45, 7) is 1.67. The van der Waals surface area contributed by atoms with Gasteiger partial charge < -0.3 is 4.98 Å². The molecule has 0 aliphatic carbocycles. The maximum absolute atomic E-state index is 11.6. The van der Waals surface area contributed by atoms with Gasteiger partial charge in [-0.05, 0) is 13.0 Å². The Morgan fingerprint density at radius 1 is 1.33 bits per heavy atom. The van der Waals surface area contributed by atoms with Gasteiger partial charge in [0, 0.05) is 18.0 Å². The minimum absolute atomic E-state index is 0.156. The van der Waals surface area contributed by atoms with E-state index < -0.39 is 11.2 Å². The van der Waals surface area contributed by atoms with E-state index in [1.807, 2.05) is 0 Å². The van der Waals surface area contributed by atoms with Gasteiger partial charge in [0.25, 0.3) is 11.1 Å². The van der Waals surface area contributed by atoms with Crippen molar-refractivity contribution in [3.8, 4) is 0 Å². The number of nitrogens with zero attached hydrogens (tertiary/aromatic N) is 2. The molecule has 7 nitrogen and oxygen atoms in total. The maximum atomic E-state index is 11.6. The van der Waals surface area contributed by atoms with Gasteiger partial charge in [0.2, 0.25) is 0 Å². The highest BCUT2D eigenvalue weighted by atomic mass is 16.2. The van der Waals surface area contributed by atoms with E-state index in [1.165, 1.54) is 18.6 Å². The Balaban J connectivity index is 2.42. The van der Waals surface area contributed by atoms with Crippen molar-refractivity contribution in [2.24, 2.45) is 5.10 Å². The van der Waals surface area contributed by atoms with Crippen LogP contribution in [-0.2, 0) is 0 Å². The predicted molar refractivity (Wildman–Crippen MR) is 66.1 cm³/mol. The zero-order valence-electron chi connectivity index (χ0n) is 9.51. The smallest absolute Gasteiger partial charge is 0.313 e. The van der Waals surface area contributed by atoms with Crippen molar-refractivity contribution < 1.29 is 0 Å². The second kappa shape index (κ2) is 4.66. The molecule has 0 saturated carbocycles. The van der Waals surface area contributed by atoms with Crippen molar-refractivity contribution in [3.05, 3.63) is 66.8 Å². The summed E-state index contributed by atoms with van der Waals surface area (Å²) in [6.07, 6.45) is 3.91. The van der Waals surface area contributed by atoms with E-state index in [0.717, 1.165) is 4.68 Å². The van der Waals surface area contributed by atoms with Gasteiger partial charge in [-0.25, -0.2) is 9.47 Å². The molecule has 2 N–H and O–H groups in total. The summed E-state index contributed by atoms with van der Waals surface area (Å²) in [5.41, 5.74) is -0.726. The van der Waals surface area contributed by atoms with Gasteiger partial charge in [-0.1, -0.05) is 6.07 Å². The van der Waals surface area contributed by atoms with Gasteiger partial charge in [-0.3, -0.25) is 14.6 Å². The largest absolute Gasteiger partial charge is 0.325 e. The van der Waals surface area contributed by atoms with Gasteiger partial charge in [-0.2, -0.15) is 5.10 Å². The molecule has 2 aromatic heterocycles. The summed E-state index contributed by atoms with van der Waals surface area (Å²) >= 11 is 0. The number of rotatable bonds is 2. The van der Waals surface area contributed by atoms with Crippen LogP contribution in [0.2, 0.25) is 0 Å². The Bertz CT molecular complexity index is 767. The van der Waals surface area contributed by atoms with Gasteiger partial charge >= 0.3 is 5.69 Å². The normalized spacial score (nSPS) is 10.9. The molecule has 0 spiro atoms. The summed E-state index contributed by atoms with van der Waals surface area (Å²) in [4.78, 5) is 38.2. The van der Waals surface area contributed by atoms with E-state index in [4.69, 9.17) is 0 Å². The molecule has 0 atom stereocenters. The number of aryl methyl sites for hydroxylation is 1. The highest BCUT2D eigenvalue weighted by Crippen LogP contribution is 1.88. The van der Waals surface area contributed by atoms with Crippen molar-refractivity contribution >= 4 is 6.21 Å². The second-order valence-electron chi connectivity index (χ2n) is 3.61. The molecule has 18 heavy (non-hydrogen) atoms. The molecule has 2 aromatic rings. The highest BCUT2D eigenvalue weighted by Gasteiger charge is 1.98. The fraction of sp³-hybridized carbons (Fsp3) is 0.0909. The lowest BCUT2D eigenvalue weighted by atomic mass is 10.3. The molecule has 0 unspecified atom stereocenters. The molecule has 0 amide bonds. The summed E-state index contributed by atoms with van der Waals surface area (Å²) in [6, 6.07) is 3.34. The monoisotopic (exact) mass is 246 g/mol. The molecular weight excluding hydrogens is 236 g/mol. The van der Waals surface area contributed by atoms with Crippen molar-refractivity contribution in [2.45, 2.75) is 6.92 Å². The summed E-state index contributed by atoms with van der Waals surface area (Å²) in [5.74, 6) is 0. The molecule has 2 heterocycles. The molecule has 92 valence electrons. The average molecular weight is 246 g/mol. The minimum Gasteiger partial charge on any atom is -0.313 e. The fourth-order valence-corrected chi connectivity index (χ4v) is 1.32. The Labute approximate surface area is 100 Å². The van der Waals surface area contributed by atoms with Crippen molar-refractivity contribution in [1.82, 2.24) is 14.6 Å². The summed E-state index contributed by atoms with van der Waals surface area (Å²) < 4.78 is 1.11. The van der Waals surface area contributed by atoms with E-state index in [9.17, 15) is 14.4 Å². The number of aromatic nitrogens is 3. The molecule has 0 radical (unpaired) electrons. The Kier molecular flexibility index (Phi) is 3.05. The lowest BCUT2D eigenvalue weighted by molar-refractivity contribution is 0.821. The first-order chi connectivity index (χ1) is 8.58. The second-order valence-corrected chi connectivity index (χ2v) is 3.61. The number of nitrogens with one attached hydrogen (secondary N) is 2. The van der Waals surface area contributed by atoms with E-state index in [2.05, 4.69) is 15.1 Å². The molecule has 0 saturated heterocycles. The average Bonchev–Trinajstić information content (AvgIpc) is 2.33. The lowest BCUT2D eigenvalue weighted by Crippen LogP contribution is -2.25. The van der Waals surface area contributed by atoms with Crippen molar-refractivity contribution in [2.75, 3.05) is 0 Å². The molecule has 7 heteroatoms. The van der Waals surface area contributed by atoms with Crippen LogP contribution in [0.1, 0.15) is 11.1 Å². The van der Waals surface area contributed by atoms with E-state index in [-0.39, 0.29) is 11.1 Å². The van der Waals surface area contributed by atoms with Crippen LogP contribution in [0.5, 0.6) is 0 Å². The number of aromatic amines is 2. The summed E-state index contributed by atoms with van der Waals surface area (Å²) in [5, 5.41) is 3.86. The van der Waals surface area contributed by atoms with E-state index in [1.54, 1.807) is 19.1 Å². The molecule has 2 rings (SSSR count). The zero-order chi connectivity index (χ0) is 13.1. The topological polar surface area (TPSA) is 100 Å². The first-order valence-electron chi connectivity index (χ1n) is 5.12. The SMILES string of the molecule is Cc1cccn(/N=C/c2c[nH]c(=O)[nH]c2=O)c1=O. The van der Waals surface area contributed by atoms with Crippen LogP contribution in [0.4, 0.5) is 0 Å². The lowest BCUT2D eigenvalue weighted by Gasteiger charge is -1.98. The molecule has 0 aliphatic rings. The van der Waals surface area contributed by atoms with Crippen LogP contribution in [0, 0.1) is 6.92 Å².